The maximum atomic E-state index is 10.8. The minimum atomic E-state index is -0.733. The lowest BCUT2D eigenvalue weighted by molar-refractivity contribution is -0.139. The third-order valence-electron chi connectivity index (χ3n) is 2.96. The number of rotatable bonds is 4. The van der Waals surface area contributed by atoms with E-state index in [9.17, 15) is 4.79 Å². The molecule has 2 N–H and O–H groups in total. The normalized spacial score (nSPS) is 23.8. The zero-order chi connectivity index (χ0) is 12.3. The summed E-state index contributed by atoms with van der Waals surface area (Å²) in [7, 11) is 0. The molecule has 0 bridgehead atoms. The fourth-order valence-corrected chi connectivity index (χ4v) is 3.18. The average molecular weight is 251 g/mol. The Kier molecular flexibility index (Phi) is 4.07. The number of carbonyl (C=O) groups is 1. The summed E-state index contributed by atoms with van der Waals surface area (Å²) in [5, 5.41) is 12.3. The average Bonchev–Trinajstić information content (AvgIpc) is 2.75. The minimum Gasteiger partial charge on any atom is -0.480 e. The maximum Gasteiger partial charge on any atom is 0.320 e. The van der Waals surface area contributed by atoms with E-state index in [1.165, 1.54) is 11.1 Å². The highest BCUT2D eigenvalue weighted by molar-refractivity contribution is 7.99. The number of benzene rings is 1. The van der Waals surface area contributed by atoms with Crippen LogP contribution in [0.3, 0.4) is 0 Å². The van der Waals surface area contributed by atoms with Crippen LogP contribution in [0.15, 0.2) is 24.3 Å². The molecule has 0 aliphatic carbocycles. The molecule has 2 atom stereocenters. The number of thioether (sulfide) groups is 1. The first kappa shape index (κ1) is 12.5. The number of nitrogens with one attached hydrogen (secondary N) is 1. The van der Waals surface area contributed by atoms with Gasteiger partial charge < -0.3 is 10.4 Å². The van der Waals surface area contributed by atoms with Crippen molar-refractivity contribution in [3.63, 3.8) is 0 Å². The van der Waals surface area contributed by atoms with Gasteiger partial charge in [-0.05, 0) is 18.9 Å². The Hall–Kier alpha value is -1.00. The van der Waals surface area contributed by atoms with Crippen LogP contribution in [-0.2, 0) is 10.5 Å². The number of hydrogen-bond donors (Lipinski definition) is 2. The second kappa shape index (κ2) is 5.56. The molecule has 1 aromatic carbocycles. The molecule has 0 spiro atoms. The fourth-order valence-electron chi connectivity index (χ4n) is 2.03. The van der Waals surface area contributed by atoms with Gasteiger partial charge in [0.15, 0.2) is 0 Å². The van der Waals surface area contributed by atoms with Crippen molar-refractivity contribution in [1.82, 2.24) is 5.32 Å². The first-order valence-electron chi connectivity index (χ1n) is 5.78. The Morgan fingerprint density at radius 3 is 3.06 bits per heavy atom. The Morgan fingerprint density at radius 1 is 1.59 bits per heavy atom. The van der Waals surface area contributed by atoms with Gasteiger partial charge in [-0.2, -0.15) is 11.8 Å². The summed E-state index contributed by atoms with van der Waals surface area (Å²) < 4.78 is 0. The van der Waals surface area contributed by atoms with Crippen molar-refractivity contribution in [1.29, 1.82) is 0 Å². The molecule has 3 nitrogen and oxygen atoms in total. The van der Waals surface area contributed by atoms with E-state index >= 15 is 0 Å². The number of hydrogen-bond acceptors (Lipinski definition) is 3. The van der Waals surface area contributed by atoms with Gasteiger partial charge in [0.1, 0.15) is 6.04 Å². The van der Waals surface area contributed by atoms with Crippen molar-refractivity contribution in [3.05, 3.63) is 35.4 Å². The molecule has 4 heteroatoms. The predicted octanol–water partition coefficient (Wildman–Crippen LogP) is 2.04. The number of carboxylic acids is 1. The molecule has 1 aliphatic heterocycles. The highest BCUT2D eigenvalue weighted by atomic mass is 32.2. The van der Waals surface area contributed by atoms with E-state index in [0.717, 1.165) is 18.7 Å². The molecule has 1 aliphatic rings. The molecule has 0 aromatic heterocycles. The van der Waals surface area contributed by atoms with E-state index < -0.39 is 5.97 Å². The summed E-state index contributed by atoms with van der Waals surface area (Å²) in [4.78, 5) is 10.8. The molecule has 2 unspecified atom stereocenters. The van der Waals surface area contributed by atoms with Gasteiger partial charge in [-0.15, -0.1) is 0 Å². The first-order valence-corrected chi connectivity index (χ1v) is 6.83. The summed E-state index contributed by atoms with van der Waals surface area (Å²) in [5.41, 5.74) is 2.59. The van der Waals surface area contributed by atoms with E-state index in [2.05, 4.69) is 36.5 Å². The van der Waals surface area contributed by atoms with Crippen molar-refractivity contribution in [2.75, 3.05) is 6.54 Å². The van der Waals surface area contributed by atoms with E-state index in [1.807, 2.05) is 11.8 Å². The van der Waals surface area contributed by atoms with Crippen molar-refractivity contribution < 1.29 is 9.90 Å². The predicted molar refractivity (Wildman–Crippen MR) is 70.3 cm³/mol. The van der Waals surface area contributed by atoms with Crippen LogP contribution in [0.1, 0.15) is 17.5 Å². The van der Waals surface area contributed by atoms with Crippen LogP contribution < -0.4 is 5.32 Å². The molecule has 1 saturated heterocycles. The van der Waals surface area contributed by atoms with Gasteiger partial charge in [-0.1, -0.05) is 29.8 Å². The molecule has 92 valence electrons. The molecule has 2 rings (SSSR count). The van der Waals surface area contributed by atoms with Gasteiger partial charge in [0.2, 0.25) is 0 Å². The second-order valence-electron chi connectivity index (χ2n) is 4.46. The Bertz CT molecular complexity index is 408. The second-order valence-corrected chi connectivity index (χ2v) is 5.75. The summed E-state index contributed by atoms with van der Waals surface area (Å²) in [6.45, 7) is 2.89. The van der Waals surface area contributed by atoms with Crippen LogP contribution in [0.2, 0.25) is 0 Å². The van der Waals surface area contributed by atoms with E-state index in [1.54, 1.807) is 0 Å². The highest BCUT2D eigenvalue weighted by Gasteiger charge is 2.29. The standard InChI is InChI=1S/C13H17NO2S/c1-9-3-2-4-10(5-9)8-17-11-6-12(13(15)16)14-7-11/h2-5,11-12,14H,6-8H2,1H3,(H,15,16). The van der Waals surface area contributed by atoms with Crippen molar-refractivity contribution in [2.24, 2.45) is 0 Å². The van der Waals surface area contributed by atoms with Crippen LogP contribution in [0.5, 0.6) is 0 Å². The molecule has 0 amide bonds. The van der Waals surface area contributed by atoms with Crippen LogP contribution in [0, 0.1) is 6.92 Å². The Labute approximate surface area is 106 Å². The van der Waals surface area contributed by atoms with E-state index in [4.69, 9.17) is 5.11 Å². The van der Waals surface area contributed by atoms with Gasteiger partial charge in [-0.3, -0.25) is 4.79 Å². The summed E-state index contributed by atoms with van der Waals surface area (Å²) in [5.74, 6) is 0.226. The maximum absolute atomic E-state index is 10.8. The quantitative estimate of drug-likeness (QED) is 0.860. The third kappa shape index (κ3) is 3.48. The van der Waals surface area contributed by atoms with Gasteiger partial charge >= 0.3 is 5.97 Å². The van der Waals surface area contributed by atoms with E-state index in [-0.39, 0.29) is 6.04 Å². The lowest BCUT2D eigenvalue weighted by Gasteiger charge is -2.08. The summed E-state index contributed by atoms with van der Waals surface area (Å²) in [6.07, 6.45) is 0.728. The van der Waals surface area contributed by atoms with Gasteiger partial charge in [0.25, 0.3) is 0 Å². The molecule has 1 heterocycles. The number of carboxylic acid groups (broad SMARTS) is 1. The van der Waals surface area contributed by atoms with Gasteiger partial charge in [0, 0.05) is 17.5 Å². The molecule has 1 fully saturated rings. The number of aryl methyl sites for hydroxylation is 1. The number of aliphatic carboxylic acids is 1. The van der Waals surface area contributed by atoms with Crippen molar-refractivity contribution in [2.45, 2.75) is 30.4 Å². The van der Waals surface area contributed by atoms with Crippen molar-refractivity contribution >= 4 is 17.7 Å². The zero-order valence-corrected chi connectivity index (χ0v) is 10.7. The molecule has 0 radical (unpaired) electrons. The van der Waals surface area contributed by atoms with Crippen LogP contribution >= 0.6 is 11.8 Å². The van der Waals surface area contributed by atoms with Crippen LogP contribution in [0.4, 0.5) is 0 Å². The summed E-state index contributed by atoms with van der Waals surface area (Å²) in [6, 6.07) is 8.11. The largest absolute Gasteiger partial charge is 0.480 e. The molecule has 17 heavy (non-hydrogen) atoms. The lowest BCUT2D eigenvalue weighted by atomic mass is 10.2. The molecular weight excluding hydrogens is 234 g/mol. The van der Waals surface area contributed by atoms with Gasteiger partial charge in [0.05, 0.1) is 0 Å². The zero-order valence-electron chi connectivity index (χ0n) is 9.85. The minimum absolute atomic E-state index is 0.356. The third-order valence-corrected chi connectivity index (χ3v) is 4.29. The summed E-state index contributed by atoms with van der Waals surface area (Å²) >= 11 is 1.84. The topological polar surface area (TPSA) is 49.3 Å². The molecule has 0 saturated carbocycles. The van der Waals surface area contributed by atoms with Crippen molar-refractivity contribution in [3.8, 4) is 0 Å². The van der Waals surface area contributed by atoms with Gasteiger partial charge in [-0.25, -0.2) is 0 Å². The van der Waals surface area contributed by atoms with E-state index in [0.29, 0.717) is 5.25 Å². The monoisotopic (exact) mass is 251 g/mol. The smallest absolute Gasteiger partial charge is 0.320 e. The first-order chi connectivity index (χ1) is 8.15. The SMILES string of the molecule is Cc1cccc(CSC2CNC(C(=O)O)C2)c1. The molecular formula is C13H17NO2S. The Morgan fingerprint density at radius 2 is 2.41 bits per heavy atom. The Balaban J connectivity index is 1.82. The van der Waals surface area contributed by atoms with Crippen LogP contribution in [-0.4, -0.2) is 28.9 Å². The van der Waals surface area contributed by atoms with Crippen LogP contribution in [0.25, 0.3) is 0 Å². The lowest BCUT2D eigenvalue weighted by Crippen LogP contribution is -2.29. The molecule has 1 aromatic rings. The fraction of sp³-hybridized carbons (Fsp3) is 0.462. The highest BCUT2D eigenvalue weighted by Crippen LogP contribution is 2.25.